The van der Waals surface area contributed by atoms with E-state index in [0.29, 0.717) is 12.1 Å². The van der Waals surface area contributed by atoms with Crippen molar-refractivity contribution < 1.29 is 22.7 Å². The van der Waals surface area contributed by atoms with Crippen LogP contribution in [0.25, 0.3) is 0 Å². The molecule has 2 rings (SSSR count). The summed E-state index contributed by atoms with van der Waals surface area (Å²) in [6.07, 6.45) is 0.433. The van der Waals surface area contributed by atoms with Gasteiger partial charge in [0.2, 0.25) is 5.91 Å². The van der Waals surface area contributed by atoms with Crippen molar-refractivity contribution in [2.75, 3.05) is 17.7 Å². The molecule has 0 radical (unpaired) electrons. The van der Waals surface area contributed by atoms with Gasteiger partial charge in [0.1, 0.15) is 0 Å². The van der Waals surface area contributed by atoms with Gasteiger partial charge in [0.05, 0.1) is 23.2 Å². The van der Waals surface area contributed by atoms with Crippen LogP contribution < -0.4 is 5.32 Å². The minimum Gasteiger partial charge on any atom is -0.465 e. The van der Waals surface area contributed by atoms with E-state index in [0.717, 1.165) is 0 Å². The molecule has 0 aromatic heterocycles. The number of esters is 1. The summed E-state index contributed by atoms with van der Waals surface area (Å²) in [5.41, 5.74) is 0.525. The molecule has 0 saturated carbocycles. The number of carbonyl (C=O) groups is 2. The first kappa shape index (κ1) is 14.5. The zero-order chi connectivity index (χ0) is 14.8. The molecule has 1 aliphatic heterocycles. The highest BCUT2D eigenvalue weighted by Gasteiger charge is 2.32. The second kappa shape index (κ2) is 5.62. The second-order valence-corrected chi connectivity index (χ2v) is 6.67. The zero-order valence-electron chi connectivity index (χ0n) is 11.0. The Morgan fingerprint density at radius 3 is 2.50 bits per heavy atom. The summed E-state index contributed by atoms with van der Waals surface area (Å²) in [6.45, 7) is 1.65. The fourth-order valence-corrected chi connectivity index (χ4v) is 3.57. The van der Waals surface area contributed by atoms with E-state index in [1.54, 1.807) is 0 Å². The molecule has 1 unspecified atom stereocenters. The minimum absolute atomic E-state index is 0.131. The summed E-state index contributed by atoms with van der Waals surface area (Å²) in [7, 11) is -3.54. The molecule has 0 spiro atoms. The highest BCUT2D eigenvalue weighted by Crippen LogP contribution is 2.22. The molecule has 1 aromatic carbocycles. The van der Waals surface area contributed by atoms with Crippen molar-refractivity contribution in [2.24, 2.45) is 5.92 Å². The molecule has 1 fully saturated rings. The lowest BCUT2D eigenvalue weighted by atomic mass is 10.1. The van der Waals surface area contributed by atoms with Crippen LogP contribution in [0.4, 0.5) is 5.69 Å². The Hall–Kier alpha value is -1.89. The summed E-state index contributed by atoms with van der Waals surface area (Å²) in [5, 5.41) is 2.56. The average Bonchev–Trinajstić information content (AvgIpc) is 2.74. The van der Waals surface area contributed by atoms with Crippen LogP contribution in [-0.4, -0.2) is 32.7 Å². The summed E-state index contributed by atoms with van der Waals surface area (Å²) >= 11 is 0. The molecule has 0 aliphatic carbocycles. The molecule has 7 heteroatoms. The van der Waals surface area contributed by atoms with Crippen LogP contribution in [0.15, 0.2) is 29.2 Å². The van der Waals surface area contributed by atoms with Crippen LogP contribution in [0.1, 0.15) is 13.3 Å². The molecule has 108 valence electrons. The van der Waals surface area contributed by atoms with Gasteiger partial charge in [-0.05, 0) is 30.7 Å². The van der Waals surface area contributed by atoms with Gasteiger partial charge in [-0.1, -0.05) is 0 Å². The molecule has 0 bridgehead atoms. The topological polar surface area (TPSA) is 89.5 Å². The third kappa shape index (κ3) is 3.36. The summed E-state index contributed by atoms with van der Waals surface area (Å²) in [4.78, 5) is 22.3. The van der Waals surface area contributed by atoms with Gasteiger partial charge in [-0.15, -0.1) is 0 Å². The van der Waals surface area contributed by atoms with Crippen LogP contribution in [0.2, 0.25) is 0 Å². The Balaban J connectivity index is 2.13. The fraction of sp³-hybridized carbons (Fsp3) is 0.385. The standard InChI is InChI=1S/C13H15NO5S/c1-9(15)14-11-2-4-12(5-3-11)20(17,18)8-10-6-7-19-13(10)16/h2-5,10H,6-8H2,1H3,(H,14,15). The lowest BCUT2D eigenvalue weighted by Crippen LogP contribution is -2.20. The third-order valence-corrected chi connectivity index (χ3v) is 4.83. The van der Waals surface area contributed by atoms with E-state index in [-0.39, 0.29) is 23.2 Å². The largest absolute Gasteiger partial charge is 0.465 e. The molecule has 1 atom stereocenters. The maximum Gasteiger partial charge on any atom is 0.310 e. The van der Waals surface area contributed by atoms with Crippen LogP contribution >= 0.6 is 0 Å². The van der Waals surface area contributed by atoms with E-state index in [2.05, 4.69) is 5.32 Å². The number of hydrogen-bond donors (Lipinski definition) is 1. The number of rotatable bonds is 4. The number of sulfone groups is 1. The lowest BCUT2D eigenvalue weighted by Gasteiger charge is -2.08. The normalized spacial score (nSPS) is 18.6. The molecule has 1 heterocycles. The average molecular weight is 297 g/mol. The Kier molecular flexibility index (Phi) is 4.08. The molecule has 1 amide bonds. The van der Waals surface area contributed by atoms with E-state index >= 15 is 0 Å². The molecule has 1 saturated heterocycles. The van der Waals surface area contributed by atoms with Crippen LogP contribution in [0.3, 0.4) is 0 Å². The number of benzene rings is 1. The number of hydrogen-bond acceptors (Lipinski definition) is 5. The van der Waals surface area contributed by atoms with Gasteiger partial charge >= 0.3 is 5.97 Å². The van der Waals surface area contributed by atoms with Crippen molar-refractivity contribution in [2.45, 2.75) is 18.2 Å². The fourth-order valence-electron chi connectivity index (χ4n) is 2.00. The lowest BCUT2D eigenvalue weighted by molar-refractivity contribution is -0.140. The molecule has 1 aliphatic rings. The van der Waals surface area contributed by atoms with Gasteiger partial charge in [0.25, 0.3) is 0 Å². The molecule has 1 N–H and O–H groups in total. The van der Waals surface area contributed by atoms with Crippen molar-refractivity contribution in [1.82, 2.24) is 0 Å². The van der Waals surface area contributed by atoms with Gasteiger partial charge in [-0.3, -0.25) is 9.59 Å². The Labute approximate surface area is 117 Å². The van der Waals surface area contributed by atoms with Crippen LogP contribution in [0, 0.1) is 5.92 Å². The van der Waals surface area contributed by atoms with E-state index in [4.69, 9.17) is 4.74 Å². The molecule has 1 aromatic rings. The predicted octanol–water partition coefficient (Wildman–Crippen LogP) is 0.982. The third-order valence-electron chi connectivity index (χ3n) is 3.00. The zero-order valence-corrected chi connectivity index (χ0v) is 11.8. The molecule has 20 heavy (non-hydrogen) atoms. The Bertz CT molecular complexity index is 621. The summed E-state index contributed by atoms with van der Waals surface area (Å²) in [5.74, 6) is -1.52. The first-order chi connectivity index (χ1) is 9.38. The number of amides is 1. The van der Waals surface area contributed by atoms with Crippen molar-refractivity contribution >= 4 is 27.4 Å². The maximum atomic E-state index is 12.2. The monoisotopic (exact) mass is 297 g/mol. The van der Waals surface area contributed by atoms with Crippen molar-refractivity contribution in [1.29, 1.82) is 0 Å². The van der Waals surface area contributed by atoms with Crippen LogP contribution in [0.5, 0.6) is 0 Å². The van der Waals surface area contributed by atoms with Gasteiger partial charge in [-0.25, -0.2) is 8.42 Å². The number of cyclic esters (lactones) is 1. The Morgan fingerprint density at radius 2 is 2.00 bits per heavy atom. The van der Waals surface area contributed by atoms with E-state index in [9.17, 15) is 18.0 Å². The van der Waals surface area contributed by atoms with E-state index in [1.807, 2.05) is 0 Å². The summed E-state index contributed by atoms with van der Waals surface area (Å²) < 4.78 is 29.1. The van der Waals surface area contributed by atoms with Crippen molar-refractivity contribution in [3.8, 4) is 0 Å². The predicted molar refractivity (Wildman–Crippen MR) is 71.9 cm³/mol. The Morgan fingerprint density at radius 1 is 1.35 bits per heavy atom. The second-order valence-electron chi connectivity index (χ2n) is 4.64. The van der Waals surface area contributed by atoms with Crippen molar-refractivity contribution in [3.05, 3.63) is 24.3 Å². The summed E-state index contributed by atoms with van der Waals surface area (Å²) in [6, 6.07) is 5.87. The number of nitrogens with one attached hydrogen (secondary N) is 1. The highest BCUT2D eigenvalue weighted by molar-refractivity contribution is 7.91. The first-order valence-electron chi connectivity index (χ1n) is 6.15. The number of anilines is 1. The van der Waals surface area contributed by atoms with Crippen molar-refractivity contribution in [3.63, 3.8) is 0 Å². The van der Waals surface area contributed by atoms with E-state index in [1.165, 1.54) is 31.2 Å². The maximum absolute atomic E-state index is 12.2. The SMILES string of the molecule is CC(=O)Nc1ccc(S(=O)(=O)CC2CCOC2=O)cc1. The van der Waals surface area contributed by atoms with Gasteiger partial charge < -0.3 is 10.1 Å². The van der Waals surface area contributed by atoms with Crippen LogP contribution in [-0.2, 0) is 24.2 Å². The molecular formula is C13H15NO5S. The molecule has 6 nitrogen and oxygen atoms in total. The smallest absolute Gasteiger partial charge is 0.310 e. The quantitative estimate of drug-likeness (QED) is 0.837. The van der Waals surface area contributed by atoms with Gasteiger partial charge in [0.15, 0.2) is 9.84 Å². The minimum atomic E-state index is -3.54. The van der Waals surface area contributed by atoms with Gasteiger partial charge in [-0.2, -0.15) is 0 Å². The van der Waals surface area contributed by atoms with Gasteiger partial charge in [0, 0.05) is 12.6 Å². The van der Waals surface area contributed by atoms with E-state index < -0.39 is 21.7 Å². The number of ether oxygens (including phenoxy) is 1. The first-order valence-corrected chi connectivity index (χ1v) is 7.81. The highest BCUT2D eigenvalue weighted by atomic mass is 32.2. The number of carbonyl (C=O) groups excluding carboxylic acids is 2. The molecular weight excluding hydrogens is 282 g/mol.